The predicted octanol–water partition coefficient (Wildman–Crippen LogP) is 3.35. The molecule has 0 aliphatic carbocycles. The third-order valence-corrected chi connectivity index (χ3v) is 5.23. The number of aliphatic carboxylic acids is 1. The van der Waals surface area contributed by atoms with Crippen LogP contribution in [0.1, 0.15) is 19.4 Å². The Morgan fingerprint density at radius 1 is 1.39 bits per heavy atom. The SMILES string of the molecule is CC(C)C(C(=O)O)S(=O)Cc1cccc(Cl)c1Cl. The first kappa shape index (κ1) is 15.5. The summed E-state index contributed by atoms with van der Waals surface area (Å²) in [5, 5.41) is 8.87. The summed E-state index contributed by atoms with van der Waals surface area (Å²) in [5.41, 5.74) is 0.606. The Labute approximate surface area is 119 Å². The van der Waals surface area contributed by atoms with Crippen LogP contribution in [0.25, 0.3) is 0 Å². The van der Waals surface area contributed by atoms with Gasteiger partial charge in [-0.3, -0.25) is 9.00 Å². The van der Waals surface area contributed by atoms with E-state index in [0.29, 0.717) is 15.6 Å². The Morgan fingerprint density at radius 3 is 2.50 bits per heavy atom. The molecule has 0 amide bonds. The minimum absolute atomic E-state index is 0.0918. The summed E-state index contributed by atoms with van der Waals surface area (Å²) in [4.78, 5) is 11.1. The normalized spacial score (nSPS) is 14.5. The number of hydrogen-bond donors (Lipinski definition) is 1. The van der Waals surface area contributed by atoms with Gasteiger partial charge in [0.25, 0.3) is 0 Å². The van der Waals surface area contributed by atoms with Crippen molar-refractivity contribution in [2.75, 3.05) is 0 Å². The van der Waals surface area contributed by atoms with Crippen LogP contribution in [-0.4, -0.2) is 20.5 Å². The second-order valence-electron chi connectivity index (χ2n) is 4.24. The molecule has 0 radical (unpaired) electrons. The van der Waals surface area contributed by atoms with E-state index in [1.54, 1.807) is 32.0 Å². The predicted molar refractivity (Wildman–Crippen MR) is 74.6 cm³/mol. The summed E-state index contributed by atoms with van der Waals surface area (Å²) in [6.07, 6.45) is 0. The van der Waals surface area contributed by atoms with Crippen molar-refractivity contribution in [2.45, 2.75) is 24.9 Å². The monoisotopic (exact) mass is 308 g/mol. The molecule has 0 saturated heterocycles. The summed E-state index contributed by atoms with van der Waals surface area (Å²) in [7, 11) is -1.53. The van der Waals surface area contributed by atoms with Crippen LogP contribution >= 0.6 is 23.2 Å². The highest BCUT2D eigenvalue weighted by Crippen LogP contribution is 2.27. The van der Waals surface area contributed by atoms with Crippen molar-refractivity contribution >= 4 is 40.0 Å². The van der Waals surface area contributed by atoms with Gasteiger partial charge in [-0.2, -0.15) is 0 Å². The van der Waals surface area contributed by atoms with E-state index in [4.69, 9.17) is 28.3 Å². The molecule has 1 N–H and O–H groups in total. The summed E-state index contributed by atoms with van der Waals surface area (Å²) in [6.45, 7) is 3.46. The summed E-state index contributed by atoms with van der Waals surface area (Å²) >= 11 is 11.8. The molecule has 100 valence electrons. The van der Waals surface area contributed by atoms with Crippen molar-refractivity contribution in [1.82, 2.24) is 0 Å². The Bertz CT molecular complexity index is 474. The van der Waals surface area contributed by atoms with Crippen LogP contribution in [0.4, 0.5) is 0 Å². The highest BCUT2D eigenvalue weighted by Gasteiger charge is 2.28. The van der Waals surface area contributed by atoms with E-state index in [1.165, 1.54) is 0 Å². The van der Waals surface area contributed by atoms with Gasteiger partial charge in [0.15, 0.2) is 0 Å². The zero-order valence-electron chi connectivity index (χ0n) is 10.0. The molecule has 1 aromatic carbocycles. The maximum Gasteiger partial charge on any atom is 0.319 e. The molecule has 0 aromatic heterocycles. The second kappa shape index (κ2) is 6.55. The van der Waals surface area contributed by atoms with E-state index in [2.05, 4.69) is 0 Å². The van der Waals surface area contributed by atoms with E-state index in [1.807, 2.05) is 0 Å². The number of carboxylic acid groups (broad SMARTS) is 1. The number of halogens is 2. The van der Waals surface area contributed by atoms with Gasteiger partial charge in [0.1, 0.15) is 5.25 Å². The summed E-state index contributed by atoms with van der Waals surface area (Å²) in [5.74, 6) is -1.17. The molecule has 6 heteroatoms. The van der Waals surface area contributed by atoms with Gasteiger partial charge < -0.3 is 5.11 Å². The maximum atomic E-state index is 12.1. The molecule has 0 saturated carbocycles. The van der Waals surface area contributed by atoms with Crippen molar-refractivity contribution in [3.8, 4) is 0 Å². The molecule has 1 aromatic rings. The molecule has 1 rings (SSSR count). The smallest absolute Gasteiger partial charge is 0.319 e. The van der Waals surface area contributed by atoms with Crippen LogP contribution in [0, 0.1) is 5.92 Å². The van der Waals surface area contributed by atoms with Crippen LogP contribution < -0.4 is 0 Å². The van der Waals surface area contributed by atoms with E-state index in [-0.39, 0.29) is 11.7 Å². The Hall–Kier alpha value is -0.580. The number of rotatable bonds is 5. The number of carboxylic acids is 1. The average molecular weight is 309 g/mol. The maximum absolute atomic E-state index is 12.1. The van der Waals surface area contributed by atoms with Crippen molar-refractivity contribution in [2.24, 2.45) is 5.92 Å². The first-order valence-corrected chi connectivity index (χ1v) is 7.51. The number of hydrogen-bond acceptors (Lipinski definition) is 2. The molecule has 0 aliphatic heterocycles. The standard InChI is InChI=1S/C12H14Cl2O3S/c1-7(2)11(12(15)16)18(17)6-8-4-3-5-9(13)10(8)14/h3-5,7,11H,6H2,1-2H3,(H,15,16). The minimum atomic E-state index is -1.53. The van der Waals surface area contributed by atoms with Crippen LogP contribution in [0.5, 0.6) is 0 Å². The van der Waals surface area contributed by atoms with E-state index in [0.717, 1.165) is 0 Å². The molecule has 0 bridgehead atoms. The van der Waals surface area contributed by atoms with Gasteiger partial charge in [0.2, 0.25) is 0 Å². The molecular formula is C12H14Cl2O3S. The van der Waals surface area contributed by atoms with Gasteiger partial charge >= 0.3 is 5.97 Å². The van der Waals surface area contributed by atoms with Crippen LogP contribution in [0.2, 0.25) is 10.0 Å². The van der Waals surface area contributed by atoms with Crippen LogP contribution in [0.15, 0.2) is 18.2 Å². The summed E-state index contributed by atoms with van der Waals surface area (Å²) < 4.78 is 12.1. The minimum Gasteiger partial charge on any atom is -0.480 e. The first-order valence-electron chi connectivity index (χ1n) is 5.37. The van der Waals surface area contributed by atoms with Gasteiger partial charge in [-0.05, 0) is 17.5 Å². The van der Waals surface area contributed by atoms with Crippen LogP contribution in [-0.2, 0) is 21.3 Å². The molecule has 0 fully saturated rings. The highest BCUT2D eigenvalue weighted by atomic mass is 35.5. The fourth-order valence-electron chi connectivity index (χ4n) is 1.60. The van der Waals surface area contributed by atoms with Crippen molar-refractivity contribution < 1.29 is 14.1 Å². The number of carbonyl (C=O) groups is 1. The van der Waals surface area contributed by atoms with E-state index >= 15 is 0 Å². The Balaban J connectivity index is 2.93. The fraction of sp³-hybridized carbons (Fsp3) is 0.417. The lowest BCUT2D eigenvalue weighted by Crippen LogP contribution is -2.31. The Kier molecular flexibility index (Phi) is 5.63. The zero-order chi connectivity index (χ0) is 13.9. The number of benzene rings is 1. The van der Waals surface area contributed by atoms with E-state index in [9.17, 15) is 9.00 Å². The topological polar surface area (TPSA) is 54.4 Å². The molecular weight excluding hydrogens is 295 g/mol. The third kappa shape index (κ3) is 3.70. The molecule has 2 unspecified atom stereocenters. The third-order valence-electron chi connectivity index (χ3n) is 2.46. The lowest BCUT2D eigenvalue weighted by molar-refractivity contribution is -0.137. The largest absolute Gasteiger partial charge is 0.480 e. The molecule has 18 heavy (non-hydrogen) atoms. The van der Waals surface area contributed by atoms with Gasteiger partial charge in [0.05, 0.1) is 15.8 Å². The highest BCUT2D eigenvalue weighted by molar-refractivity contribution is 7.85. The lowest BCUT2D eigenvalue weighted by Gasteiger charge is -2.16. The van der Waals surface area contributed by atoms with Crippen molar-refractivity contribution in [3.63, 3.8) is 0 Å². The molecule has 0 aliphatic rings. The van der Waals surface area contributed by atoms with E-state index < -0.39 is 22.0 Å². The molecule has 0 spiro atoms. The quantitative estimate of drug-likeness (QED) is 0.907. The fourth-order valence-corrected chi connectivity index (χ4v) is 3.63. The molecule has 3 nitrogen and oxygen atoms in total. The van der Waals surface area contributed by atoms with Gasteiger partial charge in [-0.25, -0.2) is 0 Å². The Morgan fingerprint density at radius 2 is 2.00 bits per heavy atom. The average Bonchev–Trinajstić information content (AvgIpc) is 2.23. The molecule has 0 heterocycles. The molecule has 2 atom stereocenters. The van der Waals surface area contributed by atoms with Gasteiger partial charge in [-0.1, -0.05) is 49.2 Å². The van der Waals surface area contributed by atoms with Crippen molar-refractivity contribution in [1.29, 1.82) is 0 Å². The first-order chi connectivity index (χ1) is 8.34. The lowest BCUT2D eigenvalue weighted by atomic mass is 10.1. The second-order valence-corrected chi connectivity index (χ2v) is 6.58. The van der Waals surface area contributed by atoms with Crippen molar-refractivity contribution in [3.05, 3.63) is 33.8 Å². The van der Waals surface area contributed by atoms with Gasteiger partial charge in [-0.15, -0.1) is 0 Å². The van der Waals surface area contributed by atoms with Crippen LogP contribution in [0.3, 0.4) is 0 Å². The van der Waals surface area contributed by atoms with Gasteiger partial charge in [0, 0.05) is 10.8 Å². The summed E-state index contributed by atoms with van der Waals surface area (Å²) in [6, 6.07) is 5.03. The zero-order valence-corrected chi connectivity index (χ0v) is 12.4.